The molecule has 6 rings (SSSR count). The van der Waals surface area contributed by atoms with Gasteiger partial charge in [0.15, 0.2) is 5.78 Å². The molecular weight excluding hydrogens is 394 g/mol. The van der Waals surface area contributed by atoms with Crippen LogP contribution in [-0.2, 0) is 0 Å². The standard InChI is InChI=1S/C29H29NO2/c1-32-27-15-9-8-14-24(27)26(31)20-25-21-16-18-30(19-17-21)29(25)28(22-10-4-2-5-11-22)23-12-6-3-7-13-23/h2-15,20-21,28-29H,16-19H2,1H3/b25-20+/t29-/m0/s1. The molecule has 162 valence electrons. The largest absolute Gasteiger partial charge is 0.496 e. The molecule has 0 N–H and O–H groups in total. The lowest BCUT2D eigenvalue weighted by molar-refractivity contribution is 0.0905. The first kappa shape index (κ1) is 20.7. The Balaban J connectivity index is 1.61. The molecule has 3 saturated heterocycles. The van der Waals surface area contributed by atoms with E-state index < -0.39 is 0 Å². The van der Waals surface area contributed by atoms with E-state index in [9.17, 15) is 4.79 Å². The average Bonchev–Trinajstić information content (AvgIpc) is 2.87. The smallest absolute Gasteiger partial charge is 0.189 e. The van der Waals surface area contributed by atoms with Crippen LogP contribution in [0, 0.1) is 5.92 Å². The number of hydrogen-bond acceptors (Lipinski definition) is 3. The molecule has 1 atom stereocenters. The van der Waals surface area contributed by atoms with Crippen LogP contribution < -0.4 is 4.74 Å². The summed E-state index contributed by atoms with van der Waals surface area (Å²) >= 11 is 0. The van der Waals surface area contributed by atoms with E-state index in [2.05, 4.69) is 65.6 Å². The number of fused-ring (bicyclic) bond motifs is 3. The van der Waals surface area contributed by atoms with Crippen molar-refractivity contribution in [1.82, 2.24) is 4.90 Å². The van der Waals surface area contributed by atoms with Crippen LogP contribution in [0.4, 0.5) is 0 Å². The molecule has 3 nitrogen and oxygen atoms in total. The van der Waals surface area contributed by atoms with E-state index in [1.165, 1.54) is 16.7 Å². The lowest BCUT2D eigenvalue weighted by Gasteiger charge is -2.50. The fourth-order valence-electron chi connectivity index (χ4n) is 5.52. The zero-order chi connectivity index (χ0) is 21.9. The third-order valence-corrected chi connectivity index (χ3v) is 7.04. The summed E-state index contributed by atoms with van der Waals surface area (Å²) in [6, 6.07) is 29.2. The zero-order valence-corrected chi connectivity index (χ0v) is 18.5. The number of piperidine rings is 3. The number of nitrogens with zero attached hydrogens (tertiary/aromatic N) is 1. The number of methoxy groups -OCH3 is 1. The van der Waals surface area contributed by atoms with Gasteiger partial charge in [0.05, 0.1) is 12.7 Å². The van der Waals surface area contributed by atoms with E-state index in [0.29, 0.717) is 17.2 Å². The van der Waals surface area contributed by atoms with Crippen LogP contribution in [0.2, 0.25) is 0 Å². The minimum Gasteiger partial charge on any atom is -0.496 e. The summed E-state index contributed by atoms with van der Waals surface area (Å²) in [6.45, 7) is 2.18. The highest BCUT2D eigenvalue weighted by molar-refractivity contribution is 6.07. The number of ether oxygens (including phenoxy) is 1. The van der Waals surface area contributed by atoms with Gasteiger partial charge in [-0.2, -0.15) is 0 Å². The van der Waals surface area contributed by atoms with Crippen LogP contribution in [0.15, 0.2) is 96.6 Å². The molecule has 0 amide bonds. The Labute approximate surface area is 190 Å². The van der Waals surface area contributed by atoms with E-state index in [1.807, 2.05) is 30.3 Å². The number of carbonyl (C=O) groups excluding carboxylic acids is 1. The Hall–Kier alpha value is -3.17. The van der Waals surface area contributed by atoms with Gasteiger partial charge in [-0.1, -0.05) is 72.8 Å². The molecule has 3 heteroatoms. The number of benzene rings is 3. The molecule has 3 aromatic rings. The van der Waals surface area contributed by atoms with Crippen molar-refractivity contribution in [2.24, 2.45) is 5.92 Å². The Bertz CT molecular complexity index is 1060. The first-order chi connectivity index (χ1) is 15.8. The maximum absolute atomic E-state index is 13.4. The van der Waals surface area contributed by atoms with Gasteiger partial charge < -0.3 is 4.74 Å². The van der Waals surface area contributed by atoms with E-state index >= 15 is 0 Å². The van der Waals surface area contributed by atoms with Crippen molar-refractivity contribution < 1.29 is 9.53 Å². The van der Waals surface area contributed by atoms with Crippen molar-refractivity contribution in [2.75, 3.05) is 20.2 Å². The molecule has 3 aliphatic heterocycles. The van der Waals surface area contributed by atoms with Crippen molar-refractivity contribution in [3.63, 3.8) is 0 Å². The Morgan fingerprint density at radius 1 is 0.875 bits per heavy atom. The molecule has 0 radical (unpaired) electrons. The summed E-state index contributed by atoms with van der Waals surface area (Å²) in [7, 11) is 1.62. The number of allylic oxidation sites excluding steroid dienone is 1. The van der Waals surface area contributed by atoms with E-state index in [4.69, 9.17) is 4.74 Å². The van der Waals surface area contributed by atoms with Gasteiger partial charge in [0, 0.05) is 12.0 Å². The Morgan fingerprint density at radius 3 is 2.03 bits per heavy atom. The summed E-state index contributed by atoms with van der Waals surface area (Å²) in [5, 5.41) is 0. The van der Waals surface area contributed by atoms with Gasteiger partial charge in [-0.25, -0.2) is 0 Å². The highest BCUT2D eigenvalue weighted by Crippen LogP contribution is 2.45. The lowest BCUT2D eigenvalue weighted by atomic mass is 9.70. The Kier molecular flexibility index (Phi) is 5.91. The van der Waals surface area contributed by atoms with Crippen molar-refractivity contribution in [3.05, 3.63) is 113 Å². The third-order valence-electron chi connectivity index (χ3n) is 7.04. The highest BCUT2D eigenvalue weighted by Gasteiger charge is 2.43. The van der Waals surface area contributed by atoms with Gasteiger partial charge in [-0.05, 0) is 66.8 Å². The van der Waals surface area contributed by atoms with Gasteiger partial charge in [-0.3, -0.25) is 9.69 Å². The molecule has 0 saturated carbocycles. The van der Waals surface area contributed by atoms with E-state index in [1.54, 1.807) is 7.11 Å². The maximum atomic E-state index is 13.4. The molecule has 3 aromatic carbocycles. The maximum Gasteiger partial charge on any atom is 0.189 e. The van der Waals surface area contributed by atoms with Crippen molar-refractivity contribution in [2.45, 2.75) is 24.8 Å². The van der Waals surface area contributed by atoms with Crippen molar-refractivity contribution in [3.8, 4) is 5.75 Å². The quantitative estimate of drug-likeness (QED) is 0.375. The molecule has 0 aliphatic carbocycles. The average molecular weight is 424 g/mol. The number of hydrogen-bond donors (Lipinski definition) is 0. The molecule has 0 aromatic heterocycles. The van der Waals surface area contributed by atoms with E-state index in [0.717, 1.165) is 25.9 Å². The van der Waals surface area contributed by atoms with Gasteiger partial charge in [0.1, 0.15) is 5.75 Å². The van der Waals surface area contributed by atoms with Crippen molar-refractivity contribution >= 4 is 5.78 Å². The molecule has 0 unspecified atom stereocenters. The number of rotatable bonds is 6. The van der Waals surface area contributed by atoms with Gasteiger partial charge in [0.2, 0.25) is 0 Å². The first-order valence-corrected chi connectivity index (χ1v) is 11.5. The summed E-state index contributed by atoms with van der Waals surface area (Å²) in [5.74, 6) is 1.32. The first-order valence-electron chi connectivity index (χ1n) is 11.5. The zero-order valence-electron chi connectivity index (χ0n) is 18.5. The van der Waals surface area contributed by atoms with Gasteiger partial charge in [0.25, 0.3) is 0 Å². The highest BCUT2D eigenvalue weighted by atomic mass is 16.5. The fourth-order valence-corrected chi connectivity index (χ4v) is 5.52. The second-order valence-corrected chi connectivity index (χ2v) is 8.76. The third kappa shape index (κ3) is 3.89. The topological polar surface area (TPSA) is 29.5 Å². The second-order valence-electron chi connectivity index (χ2n) is 8.76. The van der Waals surface area contributed by atoms with Crippen LogP contribution in [0.25, 0.3) is 0 Å². The summed E-state index contributed by atoms with van der Waals surface area (Å²) in [6.07, 6.45) is 4.17. The fraction of sp³-hybridized carbons (Fsp3) is 0.276. The molecular formula is C29H29NO2. The predicted molar refractivity (Wildman–Crippen MR) is 128 cm³/mol. The summed E-state index contributed by atoms with van der Waals surface area (Å²) < 4.78 is 5.47. The van der Waals surface area contributed by atoms with Crippen LogP contribution in [0.5, 0.6) is 5.75 Å². The molecule has 3 heterocycles. The molecule has 32 heavy (non-hydrogen) atoms. The number of para-hydroxylation sites is 1. The second kappa shape index (κ2) is 9.13. The van der Waals surface area contributed by atoms with Crippen LogP contribution >= 0.6 is 0 Å². The van der Waals surface area contributed by atoms with Crippen LogP contribution in [0.1, 0.15) is 40.2 Å². The molecule has 3 fully saturated rings. The molecule has 2 bridgehead atoms. The minimum absolute atomic E-state index is 0.0380. The lowest BCUT2D eigenvalue weighted by Crippen LogP contribution is -2.53. The van der Waals surface area contributed by atoms with Crippen molar-refractivity contribution in [1.29, 1.82) is 0 Å². The van der Waals surface area contributed by atoms with Gasteiger partial charge >= 0.3 is 0 Å². The predicted octanol–water partition coefficient (Wildman–Crippen LogP) is 5.73. The SMILES string of the molecule is COc1ccccc1C(=O)/C=C1\C2CCN(CC2)[C@@H]1C(c1ccccc1)c1ccccc1. The van der Waals surface area contributed by atoms with Crippen LogP contribution in [-0.4, -0.2) is 36.9 Å². The minimum atomic E-state index is 0.0380. The summed E-state index contributed by atoms with van der Waals surface area (Å²) in [4.78, 5) is 16.0. The van der Waals surface area contributed by atoms with E-state index in [-0.39, 0.29) is 17.7 Å². The van der Waals surface area contributed by atoms with Crippen LogP contribution in [0.3, 0.4) is 0 Å². The van der Waals surface area contributed by atoms with Gasteiger partial charge in [-0.15, -0.1) is 0 Å². The normalized spacial score (nSPS) is 23.4. The molecule has 3 aliphatic rings. The number of ketones is 1. The molecule has 0 spiro atoms. The summed E-state index contributed by atoms with van der Waals surface area (Å²) in [5.41, 5.74) is 4.50. The number of carbonyl (C=O) groups is 1. The monoisotopic (exact) mass is 423 g/mol. The Morgan fingerprint density at radius 2 is 1.44 bits per heavy atom.